The zero-order chi connectivity index (χ0) is 22.0. The van der Waals surface area contributed by atoms with Crippen LogP contribution in [0.5, 0.6) is 5.75 Å². The van der Waals surface area contributed by atoms with Gasteiger partial charge in [0.25, 0.3) is 11.5 Å². The highest BCUT2D eigenvalue weighted by Gasteiger charge is 2.12. The van der Waals surface area contributed by atoms with Crippen molar-refractivity contribution in [1.82, 2.24) is 14.1 Å². The van der Waals surface area contributed by atoms with Gasteiger partial charge in [-0.15, -0.1) is 0 Å². The molecule has 0 unspecified atom stereocenters. The molecule has 0 bridgehead atoms. The smallest absolute Gasteiger partial charge is 0.332 e. The molecule has 0 spiro atoms. The summed E-state index contributed by atoms with van der Waals surface area (Å²) in [6.45, 7) is 0.391. The van der Waals surface area contributed by atoms with E-state index in [2.05, 4.69) is 10.3 Å². The summed E-state index contributed by atoms with van der Waals surface area (Å²) < 4.78 is 8.00. The summed E-state index contributed by atoms with van der Waals surface area (Å²) in [6.07, 6.45) is 1.42. The second-order valence-corrected chi connectivity index (χ2v) is 7.05. The predicted octanol–water partition coefficient (Wildman–Crippen LogP) is 2.46. The molecule has 1 N–H and O–H groups in total. The molecule has 2 aromatic carbocycles. The lowest BCUT2D eigenvalue weighted by Crippen LogP contribution is -2.37. The number of nitrogens with zero attached hydrogens (tertiary/aromatic N) is 3. The molecule has 156 valence electrons. The highest BCUT2D eigenvalue weighted by molar-refractivity contribution is 6.04. The SMILES string of the molecule is Cn1c(=O)c2cc(NC(=O)c3ccc(COc4ccccc4)cc3)cnc2n(C)c1=O. The van der Waals surface area contributed by atoms with Crippen LogP contribution in [0.1, 0.15) is 15.9 Å². The zero-order valence-corrected chi connectivity index (χ0v) is 17.0. The summed E-state index contributed by atoms with van der Waals surface area (Å²) in [5, 5.41) is 2.99. The van der Waals surface area contributed by atoms with Crippen molar-refractivity contribution in [2.75, 3.05) is 5.32 Å². The largest absolute Gasteiger partial charge is 0.489 e. The van der Waals surface area contributed by atoms with Gasteiger partial charge in [-0.05, 0) is 35.9 Å². The van der Waals surface area contributed by atoms with Gasteiger partial charge in [0.2, 0.25) is 0 Å². The van der Waals surface area contributed by atoms with Gasteiger partial charge >= 0.3 is 5.69 Å². The number of anilines is 1. The number of carbonyl (C=O) groups excluding carboxylic acids is 1. The number of hydrogen-bond donors (Lipinski definition) is 1. The second kappa shape index (κ2) is 8.27. The van der Waals surface area contributed by atoms with Gasteiger partial charge in [0.15, 0.2) is 0 Å². The minimum Gasteiger partial charge on any atom is -0.489 e. The highest BCUT2D eigenvalue weighted by Crippen LogP contribution is 2.15. The summed E-state index contributed by atoms with van der Waals surface area (Å²) in [5.74, 6) is 0.440. The summed E-state index contributed by atoms with van der Waals surface area (Å²) in [7, 11) is 2.94. The van der Waals surface area contributed by atoms with Gasteiger partial charge in [-0.25, -0.2) is 9.78 Å². The second-order valence-electron chi connectivity index (χ2n) is 7.05. The molecule has 0 aliphatic heterocycles. The van der Waals surface area contributed by atoms with E-state index in [1.54, 1.807) is 19.2 Å². The topological polar surface area (TPSA) is 95.2 Å². The normalized spacial score (nSPS) is 10.8. The third-order valence-electron chi connectivity index (χ3n) is 4.92. The van der Waals surface area contributed by atoms with E-state index in [4.69, 9.17) is 4.74 Å². The molecule has 0 saturated heterocycles. The maximum Gasteiger partial charge on any atom is 0.332 e. The van der Waals surface area contributed by atoms with Crippen LogP contribution in [0.2, 0.25) is 0 Å². The van der Waals surface area contributed by atoms with Crippen molar-refractivity contribution in [3.63, 3.8) is 0 Å². The van der Waals surface area contributed by atoms with Gasteiger partial charge in [0.1, 0.15) is 18.0 Å². The fourth-order valence-electron chi connectivity index (χ4n) is 3.17. The van der Waals surface area contributed by atoms with E-state index in [9.17, 15) is 14.4 Å². The van der Waals surface area contributed by atoms with E-state index in [-0.39, 0.29) is 16.9 Å². The van der Waals surface area contributed by atoms with E-state index in [1.807, 2.05) is 42.5 Å². The quantitative estimate of drug-likeness (QED) is 0.539. The van der Waals surface area contributed by atoms with Gasteiger partial charge in [-0.1, -0.05) is 30.3 Å². The molecule has 0 atom stereocenters. The standard InChI is InChI=1S/C23H20N4O4/c1-26-20-19(22(29)27(2)23(26)30)12-17(13-24-20)25-21(28)16-10-8-15(9-11-16)14-31-18-6-4-3-5-7-18/h3-13H,14H2,1-2H3,(H,25,28). The summed E-state index contributed by atoms with van der Waals surface area (Å²) in [5.41, 5.74) is 1.08. The van der Waals surface area contributed by atoms with Crippen molar-refractivity contribution in [1.29, 1.82) is 0 Å². The van der Waals surface area contributed by atoms with Crippen LogP contribution in [-0.4, -0.2) is 20.0 Å². The Hall–Kier alpha value is -4.20. The number of aromatic nitrogens is 3. The molecule has 8 heteroatoms. The Morgan fingerprint density at radius 2 is 1.71 bits per heavy atom. The molecule has 2 aromatic heterocycles. The minimum absolute atomic E-state index is 0.246. The molecular weight excluding hydrogens is 396 g/mol. The molecule has 0 aliphatic rings. The Morgan fingerprint density at radius 1 is 1.00 bits per heavy atom. The van der Waals surface area contributed by atoms with Crippen LogP contribution in [0.25, 0.3) is 11.0 Å². The van der Waals surface area contributed by atoms with Gasteiger partial charge < -0.3 is 10.1 Å². The van der Waals surface area contributed by atoms with Crippen LogP contribution in [0, 0.1) is 0 Å². The van der Waals surface area contributed by atoms with Crippen LogP contribution in [0.3, 0.4) is 0 Å². The third-order valence-corrected chi connectivity index (χ3v) is 4.92. The summed E-state index contributed by atoms with van der Waals surface area (Å²) in [6, 6.07) is 18.1. The van der Waals surface area contributed by atoms with Gasteiger partial charge in [-0.2, -0.15) is 0 Å². The number of fused-ring (bicyclic) bond motifs is 1. The molecule has 1 amide bonds. The number of hydrogen-bond acceptors (Lipinski definition) is 5. The molecule has 8 nitrogen and oxygen atoms in total. The molecule has 0 aliphatic carbocycles. The Bertz CT molecular complexity index is 1370. The van der Waals surface area contributed by atoms with E-state index in [0.717, 1.165) is 15.9 Å². The number of amides is 1. The number of rotatable bonds is 5. The fraction of sp³-hybridized carbons (Fsp3) is 0.130. The lowest BCUT2D eigenvalue weighted by Gasteiger charge is -2.10. The van der Waals surface area contributed by atoms with Crippen LogP contribution < -0.4 is 21.3 Å². The number of ether oxygens (including phenoxy) is 1. The first-order valence-corrected chi connectivity index (χ1v) is 9.58. The molecule has 0 fully saturated rings. The summed E-state index contributed by atoms with van der Waals surface area (Å²) in [4.78, 5) is 41.2. The van der Waals surface area contributed by atoms with Crippen molar-refractivity contribution in [3.8, 4) is 5.75 Å². The molecule has 4 aromatic rings. The number of aryl methyl sites for hydroxylation is 1. The lowest BCUT2D eigenvalue weighted by molar-refractivity contribution is 0.102. The maximum atomic E-state index is 12.6. The number of para-hydroxylation sites is 1. The monoisotopic (exact) mass is 416 g/mol. The van der Waals surface area contributed by atoms with E-state index < -0.39 is 11.2 Å². The third kappa shape index (κ3) is 4.09. The first-order chi connectivity index (χ1) is 14.9. The Morgan fingerprint density at radius 3 is 2.42 bits per heavy atom. The zero-order valence-electron chi connectivity index (χ0n) is 17.0. The van der Waals surface area contributed by atoms with Crippen molar-refractivity contribution < 1.29 is 9.53 Å². The molecule has 4 rings (SSSR count). The Balaban J connectivity index is 1.49. The first-order valence-electron chi connectivity index (χ1n) is 9.58. The van der Waals surface area contributed by atoms with Crippen LogP contribution in [0.15, 0.2) is 76.4 Å². The Labute approximate surface area is 177 Å². The van der Waals surface area contributed by atoms with Crippen LogP contribution in [0.4, 0.5) is 5.69 Å². The van der Waals surface area contributed by atoms with Crippen molar-refractivity contribution >= 4 is 22.6 Å². The minimum atomic E-state index is -0.468. The maximum absolute atomic E-state index is 12.6. The fourth-order valence-corrected chi connectivity index (χ4v) is 3.17. The van der Waals surface area contributed by atoms with Crippen LogP contribution >= 0.6 is 0 Å². The van der Waals surface area contributed by atoms with E-state index in [0.29, 0.717) is 17.9 Å². The predicted molar refractivity (Wildman–Crippen MR) is 117 cm³/mol. The first kappa shape index (κ1) is 20.1. The summed E-state index contributed by atoms with van der Waals surface area (Å²) >= 11 is 0. The van der Waals surface area contributed by atoms with Crippen molar-refractivity contribution in [2.45, 2.75) is 6.61 Å². The molecule has 0 radical (unpaired) electrons. The van der Waals surface area contributed by atoms with Gasteiger partial charge in [0.05, 0.1) is 17.3 Å². The number of nitrogens with one attached hydrogen (secondary N) is 1. The number of benzene rings is 2. The number of carbonyl (C=O) groups is 1. The van der Waals surface area contributed by atoms with Gasteiger partial charge in [0, 0.05) is 19.7 Å². The van der Waals surface area contributed by atoms with Gasteiger partial charge in [-0.3, -0.25) is 18.7 Å². The highest BCUT2D eigenvalue weighted by atomic mass is 16.5. The van der Waals surface area contributed by atoms with Crippen molar-refractivity contribution in [2.24, 2.45) is 14.1 Å². The molecule has 0 saturated carbocycles. The molecule has 2 heterocycles. The average molecular weight is 416 g/mol. The van der Waals surface area contributed by atoms with Crippen LogP contribution in [-0.2, 0) is 20.7 Å². The Kier molecular flexibility index (Phi) is 5.36. The number of pyridine rings is 1. The van der Waals surface area contributed by atoms with E-state index >= 15 is 0 Å². The molecule has 31 heavy (non-hydrogen) atoms. The molecular formula is C23H20N4O4. The average Bonchev–Trinajstić information content (AvgIpc) is 2.81. The lowest BCUT2D eigenvalue weighted by atomic mass is 10.1. The van der Waals surface area contributed by atoms with E-state index in [1.165, 1.54) is 23.9 Å². The van der Waals surface area contributed by atoms with Crippen molar-refractivity contribution in [3.05, 3.63) is 98.8 Å².